The lowest BCUT2D eigenvalue weighted by Gasteiger charge is -2.42. The van der Waals surface area contributed by atoms with E-state index < -0.39 is 16.1 Å². The monoisotopic (exact) mass is 442 g/mol. The minimum Gasteiger partial charge on any atom is -1.00 e. The third-order valence-corrected chi connectivity index (χ3v) is 16.6. The Bertz CT molecular complexity index is 296. The summed E-state index contributed by atoms with van der Waals surface area (Å²) in [6.45, 7) is 17.7. The first-order valence-electron chi connectivity index (χ1n) is 11.3. The summed E-state index contributed by atoms with van der Waals surface area (Å²) >= 11 is 0. The van der Waals surface area contributed by atoms with E-state index in [-0.39, 0.29) is 12.4 Å². The van der Waals surface area contributed by atoms with Gasteiger partial charge in [0.15, 0.2) is 0 Å². The molecular weight excluding hydrogens is 395 g/mol. The molecule has 1 unspecified atom stereocenters. The molecule has 0 N–H and O–H groups in total. The second-order valence-corrected chi connectivity index (χ2v) is 14.9. The Morgan fingerprint density at radius 2 is 0.963 bits per heavy atom. The van der Waals surface area contributed by atoms with Crippen molar-refractivity contribution >= 4 is 16.1 Å². The summed E-state index contributed by atoms with van der Waals surface area (Å²) < 4.78 is 19.3. The zero-order chi connectivity index (χ0) is 19.9. The van der Waals surface area contributed by atoms with Crippen LogP contribution >= 0.6 is 7.26 Å². The number of rotatable bonds is 18. The van der Waals surface area contributed by atoms with Crippen LogP contribution in [0.4, 0.5) is 0 Å². The highest BCUT2D eigenvalue weighted by molar-refractivity contribution is 7.78. The van der Waals surface area contributed by atoms with Gasteiger partial charge in [0.25, 0.3) is 0 Å². The minimum atomic E-state index is -2.66. The van der Waals surface area contributed by atoms with Gasteiger partial charge in [0.1, 0.15) is 5.28 Å². The zero-order valence-electron chi connectivity index (χ0n) is 19.3. The Morgan fingerprint density at radius 1 is 0.630 bits per heavy atom. The van der Waals surface area contributed by atoms with Gasteiger partial charge in [0.05, 0.1) is 18.5 Å². The molecule has 0 saturated heterocycles. The molecule has 0 saturated carbocycles. The maximum Gasteiger partial charge on any atom is 0.543 e. The zero-order valence-corrected chi connectivity index (χ0v) is 22.0. The standard InChI is InChI=1S/C21H48O3PSi.ClH/c1-8-15-18-25(19-16-9-2,20-17-10-3)21(11-4)26(22-12-5,23-13-6)24-14-7;/h21H,8-20H2,1-7H3;1H/q+1;/p-1. The molecule has 3 nitrogen and oxygen atoms in total. The lowest BCUT2D eigenvalue weighted by molar-refractivity contribution is -0.0000177. The molecule has 0 aliphatic heterocycles. The van der Waals surface area contributed by atoms with Crippen molar-refractivity contribution < 1.29 is 25.7 Å². The summed E-state index contributed by atoms with van der Waals surface area (Å²) in [7, 11) is -3.84. The van der Waals surface area contributed by atoms with Gasteiger partial charge in [-0.2, -0.15) is 0 Å². The molecule has 0 aliphatic rings. The lowest BCUT2D eigenvalue weighted by atomic mass is 10.4. The maximum atomic E-state index is 6.43. The van der Waals surface area contributed by atoms with Crippen molar-refractivity contribution in [1.29, 1.82) is 0 Å². The first-order chi connectivity index (χ1) is 12.6. The second kappa shape index (κ2) is 17.7. The van der Waals surface area contributed by atoms with Gasteiger partial charge in [-0.1, -0.05) is 47.0 Å². The predicted octanol–water partition coefficient (Wildman–Crippen LogP) is 3.77. The van der Waals surface area contributed by atoms with Crippen LogP contribution in [0, 0.1) is 0 Å². The molecule has 27 heavy (non-hydrogen) atoms. The SMILES string of the molecule is CCCC[P+](CCCC)(CCCC)C(CC)[Si](OCC)(OCC)OCC.[Cl-]. The van der Waals surface area contributed by atoms with Crippen molar-refractivity contribution in [3.05, 3.63) is 0 Å². The van der Waals surface area contributed by atoms with Gasteiger partial charge in [0.2, 0.25) is 0 Å². The summed E-state index contributed by atoms with van der Waals surface area (Å²) in [4.78, 5) is 0. The molecule has 0 aromatic rings. The van der Waals surface area contributed by atoms with E-state index in [1.807, 2.05) is 0 Å². The van der Waals surface area contributed by atoms with E-state index in [2.05, 4.69) is 48.5 Å². The van der Waals surface area contributed by atoms with E-state index in [4.69, 9.17) is 13.3 Å². The summed E-state index contributed by atoms with van der Waals surface area (Å²) in [6, 6.07) is 0. The van der Waals surface area contributed by atoms with Crippen molar-refractivity contribution in [2.24, 2.45) is 0 Å². The molecule has 0 bridgehead atoms. The van der Waals surface area contributed by atoms with Crippen LogP contribution < -0.4 is 12.4 Å². The molecule has 0 aromatic heterocycles. The molecule has 0 fully saturated rings. The van der Waals surface area contributed by atoms with Gasteiger partial charge in [-0.25, -0.2) is 0 Å². The Hall–Kier alpha value is 0.817. The predicted molar refractivity (Wildman–Crippen MR) is 121 cm³/mol. The fourth-order valence-corrected chi connectivity index (χ4v) is 16.5. The van der Waals surface area contributed by atoms with E-state index >= 15 is 0 Å². The van der Waals surface area contributed by atoms with Crippen LogP contribution in [0.3, 0.4) is 0 Å². The molecule has 0 spiro atoms. The van der Waals surface area contributed by atoms with Crippen molar-refractivity contribution in [2.45, 2.75) is 98.7 Å². The molecular formula is C21H48ClO3PSi. The van der Waals surface area contributed by atoms with Gasteiger partial charge < -0.3 is 25.7 Å². The molecule has 0 aliphatic carbocycles. The van der Waals surface area contributed by atoms with Crippen LogP contribution in [0.2, 0.25) is 0 Å². The molecule has 0 radical (unpaired) electrons. The van der Waals surface area contributed by atoms with E-state index in [9.17, 15) is 0 Å². The van der Waals surface area contributed by atoms with Crippen LogP contribution in [0.15, 0.2) is 0 Å². The molecule has 0 aromatic carbocycles. The smallest absolute Gasteiger partial charge is 0.543 e. The first kappa shape index (κ1) is 30.0. The molecule has 0 rings (SSSR count). The first-order valence-corrected chi connectivity index (χ1v) is 15.5. The normalized spacial score (nSPS) is 13.4. The summed E-state index contributed by atoms with van der Waals surface area (Å²) in [5.74, 6) is 0. The van der Waals surface area contributed by atoms with Gasteiger partial charge in [-0.05, 0) is 46.5 Å². The van der Waals surface area contributed by atoms with Crippen molar-refractivity contribution in [2.75, 3.05) is 38.3 Å². The summed E-state index contributed by atoms with van der Waals surface area (Å²) in [6.07, 6.45) is 13.2. The number of halogens is 1. The largest absolute Gasteiger partial charge is 1.00 e. The van der Waals surface area contributed by atoms with Gasteiger partial charge >= 0.3 is 8.80 Å². The lowest BCUT2D eigenvalue weighted by Crippen LogP contribution is -3.00. The van der Waals surface area contributed by atoms with Gasteiger partial charge in [-0.15, -0.1) is 0 Å². The minimum absolute atomic E-state index is 0. The number of hydrogen-bond acceptors (Lipinski definition) is 3. The Kier molecular flexibility index (Phi) is 19.6. The molecule has 6 heteroatoms. The topological polar surface area (TPSA) is 27.7 Å². The van der Waals surface area contributed by atoms with Crippen LogP contribution in [-0.4, -0.2) is 52.4 Å². The highest BCUT2D eigenvalue weighted by Crippen LogP contribution is 2.67. The van der Waals surface area contributed by atoms with Crippen LogP contribution in [0.1, 0.15) is 93.4 Å². The molecule has 0 heterocycles. The molecule has 1 atom stereocenters. The van der Waals surface area contributed by atoms with Gasteiger partial charge in [-0.3, -0.25) is 0 Å². The number of hydrogen-bond donors (Lipinski definition) is 0. The summed E-state index contributed by atoms with van der Waals surface area (Å²) in [5.41, 5.74) is 0. The second-order valence-electron chi connectivity index (χ2n) is 7.28. The average Bonchev–Trinajstić information content (AvgIpc) is 2.63. The Morgan fingerprint density at radius 3 is 1.19 bits per heavy atom. The van der Waals surface area contributed by atoms with Crippen molar-refractivity contribution in [1.82, 2.24) is 0 Å². The molecule has 0 amide bonds. The third-order valence-electron chi connectivity index (χ3n) is 5.36. The Balaban J connectivity index is 0. The van der Waals surface area contributed by atoms with Crippen LogP contribution in [-0.2, 0) is 13.3 Å². The fourth-order valence-electron chi connectivity index (χ4n) is 4.21. The fraction of sp³-hybridized carbons (Fsp3) is 1.00. The third kappa shape index (κ3) is 9.44. The van der Waals surface area contributed by atoms with E-state index in [1.54, 1.807) is 0 Å². The molecule has 166 valence electrons. The van der Waals surface area contributed by atoms with Crippen LogP contribution in [0.5, 0.6) is 0 Å². The summed E-state index contributed by atoms with van der Waals surface area (Å²) in [5, 5.41) is 0.513. The maximum absolute atomic E-state index is 6.43. The average molecular weight is 443 g/mol. The van der Waals surface area contributed by atoms with E-state index in [0.717, 1.165) is 6.42 Å². The van der Waals surface area contributed by atoms with Crippen LogP contribution in [0.25, 0.3) is 0 Å². The highest BCUT2D eigenvalue weighted by atomic mass is 35.5. The Labute approximate surface area is 178 Å². The highest BCUT2D eigenvalue weighted by Gasteiger charge is 2.62. The quantitative estimate of drug-likeness (QED) is 0.239. The van der Waals surface area contributed by atoms with E-state index in [0.29, 0.717) is 25.1 Å². The van der Waals surface area contributed by atoms with Crippen molar-refractivity contribution in [3.8, 4) is 0 Å². The van der Waals surface area contributed by atoms with E-state index in [1.165, 1.54) is 57.0 Å². The number of unbranched alkanes of at least 4 members (excludes halogenated alkanes) is 3. The van der Waals surface area contributed by atoms with Crippen molar-refractivity contribution in [3.63, 3.8) is 0 Å². The van der Waals surface area contributed by atoms with Gasteiger partial charge in [0, 0.05) is 27.1 Å².